The molecule has 1 heterocycles. The third kappa shape index (κ3) is 5.98. The maximum Gasteiger partial charge on any atom is 0.145 e. The number of hydrogen-bond acceptors (Lipinski definition) is 5. The summed E-state index contributed by atoms with van der Waals surface area (Å²) in [7, 11) is 0. The Bertz CT molecular complexity index is 359. The largest absolute Gasteiger partial charge is 0.308 e. The molecule has 0 atom stereocenters. The summed E-state index contributed by atoms with van der Waals surface area (Å²) in [5.74, 6) is 6.96. The SMILES string of the molecule is CCCCN(CCCC)Cc1nc(C)cc(NN)n1. The standard InChI is InChI=1S/C14H27N5/c1-4-6-8-19(9-7-5-2)11-14-16-12(3)10-13(17-14)18-15/h10H,4-9,11,15H2,1-3H3,(H,16,17,18). The maximum atomic E-state index is 5.42. The number of rotatable bonds is 9. The van der Waals surface area contributed by atoms with Crippen LogP contribution in [-0.2, 0) is 6.54 Å². The molecule has 0 radical (unpaired) electrons. The fourth-order valence-corrected chi connectivity index (χ4v) is 2.01. The van der Waals surface area contributed by atoms with Gasteiger partial charge in [0, 0.05) is 11.8 Å². The Morgan fingerprint density at radius 2 is 1.79 bits per heavy atom. The first-order valence-corrected chi connectivity index (χ1v) is 7.23. The number of nitrogens with one attached hydrogen (secondary N) is 1. The zero-order valence-electron chi connectivity index (χ0n) is 12.4. The third-order valence-corrected chi connectivity index (χ3v) is 3.07. The number of unbranched alkanes of at least 4 members (excludes halogenated alkanes) is 2. The minimum Gasteiger partial charge on any atom is -0.308 e. The molecule has 108 valence electrons. The van der Waals surface area contributed by atoms with Gasteiger partial charge in [-0.05, 0) is 32.9 Å². The topological polar surface area (TPSA) is 67.1 Å². The van der Waals surface area contributed by atoms with Crippen LogP contribution in [0.1, 0.15) is 51.0 Å². The Balaban J connectivity index is 2.67. The Morgan fingerprint density at radius 1 is 1.16 bits per heavy atom. The number of aryl methyl sites for hydroxylation is 1. The van der Waals surface area contributed by atoms with Gasteiger partial charge in [-0.25, -0.2) is 15.8 Å². The van der Waals surface area contributed by atoms with Crippen molar-refractivity contribution < 1.29 is 0 Å². The summed E-state index contributed by atoms with van der Waals surface area (Å²) in [6.07, 6.45) is 4.87. The van der Waals surface area contributed by atoms with Gasteiger partial charge in [0.1, 0.15) is 11.6 Å². The van der Waals surface area contributed by atoms with Crippen molar-refractivity contribution in [1.29, 1.82) is 0 Å². The second-order valence-corrected chi connectivity index (χ2v) is 4.94. The zero-order chi connectivity index (χ0) is 14.1. The van der Waals surface area contributed by atoms with Crippen molar-refractivity contribution in [3.63, 3.8) is 0 Å². The molecule has 0 bridgehead atoms. The van der Waals surface area contributed by atoms with Crippen LogP contribution in [0.2, 0.25) is 0 Å². The maximum absolute atomic E-state index is 5.42. The smallest absolute Gasteiger partial charge is 0.145 e. The van der Waals surface area contributed by atoms with E-state index in [-0.39, 0.29) is 0 Å². The first-order chi connectivity index (χ1) is 9.19. The minimum absolute atomic E-state index is 0.688. The van der Waals surface area contributed by atoms with Crippen molar-refractivity contribution in [2.24, 2.45) is 5.84 Å². The van der Waals surface area contributed by atoms with Gasteiger partial charge >= 0.3 is 0 Å². The van der Waals surface area contributed by atoms with Crippen molar-refractivity contribution >= 4 is 5.82 Å². The molecular formula is C14H27N5. The molecule has 1 aromatic rings. The average Bonchev–Trinajstić information content (AvgIpc) is 2.41. The molecular weight excluding hydrogens is 238 g/mol. The second-order valence-electron chi connectivity index (χ2n) is 4.94. The molecule has 0 amide bonds. The molecule has 0 spiro atoms. The Hall–Kier alpha value is -1.20. The second kappa shape index (κ2) is 8.82. The summed E-state index contributed by atoms with van der Waals surface area (Å²) in [5, 5.41) is 0. The van der Waals surface area contributed by atoms with E-state index in [1.54, 1.807) is 0 Å². The van der Waals surface area contributed by atoms with E-state index >= 15 is 0 Å². The number of hydrazine groups is 1. The molecule has 5 heteroatoms. The van der Waals surface area contributed by atoms with E-state index in [0.29, 0.717) is 5.82 Å². The molecule has 1 rings (SSSR count). The lowest BCUT2D eigenvalue weighted by Gasteiger charge is -2.21. The van der Waals surface area contributed by atoms with E-state index in [1.807, 2.05) is 13.0 Å². The minimum atomic E-state index is 0.688. The van der Waals surface area contributed by atoms with E-state index in [1.165, 1.54) is 25.7 Å². The van der Waals surface area contributed by atoms with E-state index < -0.39 is 0 Å². The third-order valence-electron chi connectivity index (χ3n) is 3.07. The predicted molar refractivity (Wildman–Crippen MR) is 79.7 cm³/mol. The van der Waals surface area contributed by atoms with Crippen molar-refractivity contribution in [3.8, 4) is 0 Å². The number of aromatic nitrogens is 2. The predicted octanol–water partition coefficient (Wildman–Crippen LogP) is 2.47. The van der Waals surface area contributed by atoms with Crippen LogP contribution >= 0.6 is 0 Å². The number of nitrogens with zero attached hydrogens (tertiary/aromatic N) is 3. The van der Waals surface area contributed by atoms with Gasteiger partial charge < -0.3 is 5.43 Å². The fraction of sp³-hybridized carbons (Fsp3) is 0.714. The normalized spacial score (nSPS) is 11.0. The van der Waals surface area contributed by atoms with Crippen LogP contribution in [0.4, 0.5) is 5.82 Å². The molecule has 0 fully saturated rings. The molecule has 1 aromatic heterocycles. The quantitative estimate of drug-likeness (QED) is 0.530. The summed E-state index contributed by atoms with van der Waals surface area (Å²) in [5.41, 5.74) is 3.55. The number of nitrogen functional groups attached to an aromatic ring is 1. The summed E-state index contributed by atoms with van der Waals surface area (Å²) in [6.45, 7) is 9.43. The van der Waals surface area contributed by atoms with Crippen LogP contribution in [0.15, 0.2) is 6.07 Å². The summed E-state index contributed by atoms with van der Waals surface area (Å²) in [4.78, 5) is 11.3. The van der Waals surface area contributed by atoms with Gasteiger partial charge in [0.25, 0.3) is 0 Å². The van der Waals surface area contributed by atoms with Gasteiger partial charge in [0.15, 0.2) is 0 Å². The van der Waals surface area contributed by atoms with Crippen molar-refractivity contribution in [2.75, 3.05) is 18.5 Å². The monoisotopic (exact) mass is 265 g/mol. The molecule has 0 saturated heterocycles. The van der Waals surface area contributed by atoms with Crippen molar-refractivity contribution in [3.05, 3.63) is 17.6 Å². The summed E-state index contributed by atoms with van der Waals surface area (Å²) in [6, 6.07) is 1.85. The molecule has 0 saturated carbocycles. The number of anilines is 1. The van der Waals surface area contributed by atoms with Gasteiger partial charge in [0.2, 0.25) is 0 Å². The van der Waals surface area contributed by atoms with E-state index in [9.17, 15) is 0 Å². The first-order valence-electron chi connectivity index (χ1n) is 7.23. The lowest BCUT2D eigenvalue weighted by atomic mass is 10.2. The van der Waals surface area contributed by atoms with Crippen LogP contribution in [0.3, 0.4) is 0 Å². The van der Waals surface area contributed by atoms with Gasteiger partial charge in [-0.3, -0.25) is 4.90 Å². The fourth-order valence-electron chi connectivity index (χ4n) is 2.01. The molecule has 0 aromatic carbocycles. The highest BCUT2D eigenvalue weighted by Gasteiger charge is 2.08. The van der Waals surface area contributed by atoms with Crippen LogP contribution in [0, 0.1) is 6.92 Å². The molecule has 0 aliphatic rings. The van der Waals surface area contributed by atoms with Gasteiger partial charge in [-0.15, -0.1) is 0 Å². The van der Waals surface area contributed by atoms with Crippen LogP contribution < -0.4 is 11.3 Å². The molecule has 19 heavy (non-hydrogen) atoms. The van der Waals surface area contributed by atoms with Gasteiger partial charge in [-0.2, -0.15) is 0 Å². The molecule has 0 aliphatic heterocycles. The van der Waals surface area contributed by atoms with Crippen LogP contribution in [0.5, 0.6) is 0 Å². The Kier molecular flexibility index (Phi) is 7.36. The van der Waals surface area contributed by atoms with Crippen LogP contribution in [-0.4, -0.2) is 28.0 Å². The summed E-state index contributed by atoms with van der Waals surface area (Å²) >= 11 is 0. The average molecular weight is 265 g/mol. The highest BCUT2D eigenvalue weighted by Crippen LogP contribution is 2.08. The first kappa shape index (κ1) is 15.9. The lowest BCUT2D eigenvalue weighted by molar-refractivity contribution is 0.251. The molecule has 0 aliphatic carbocycles. The Labute approximate surface area is 116 Å². The lowest BCUT2D eigenvalue weighted by Crippen LogP contribution is -2.27. The Morgan fingerprint density at radius 3 is 2.32 bits per heavy atom. The molecule has 3 N–H and O–H groups in total. The van der Waals surface area contributed by atoms with Gasteiger partial charge in [-0.1, -0.05) is 26.7 Å². The van der Waals surface area contributed by atoms with E-state index in [0.717, 1.165) is 31.2 Å². The van der Waals surface area contributed by atoms with Crippen LogP contribution in [0.25, 0.3) is 0 Å². The number of nitrogens with two attached hydrogens (primary N) is 1. The van der Waals surface area contributed by atoms with Crippen molar-refractivity contribution in [1.82, 2.24) is 14.9 Å². The summed E-state index contributed by atoms with van der Waals surface area (Å²) < 4.78 is 0. The molecule has 5 nitrogen and oxygen atoms in total. The molecule has 0 unspecified atom stereocenters. The highest BCUT2D eigenvalue weighted by atomic mass is 15.3. The van der Waals surface area contributed by atoms with E-state index in [2.05, 4.69) is 34.1 Å². The zero-order valence-corrected chi connectivity index (χ0v) is 12.4. The van der Waals surface area contributed by atoms with E-state index in [4.69, 9.17) is 5.84 Å². The number of hydrogen-bond donors (Lipinski definition) is 2. The van der Waals surface area contributed by atoms with Gasteiger partial charge in [0.05, 0.1) is 6.54 Å². The van der Waals surface area contributed by atoms with Crippen molar-refractivity contribution in [2.45, 2.75) is 53.0 Å². The highest BCUT2D eigenvalue weighted by molar-refractivity contribution is 5.33.